The van der Waals surface area contributed by atoms with Gasteiger partial charge in [0.15, 0.2) is 0 Å². The van der Waals surface area contributed by atoms with Crippen molar-refractivity contribution in [1.29, 1.82) is 0 Å². The molecule has 21 heavy (non-hydrogen) atoms. The first-order valence-electron chi connectivity index (χ1n) is 6.83. The topological polar surface area (TPSA) is 32.7 Å². The second-order valence-electron chi connectivity index (χ2n) is 5.06. The number of rotatable bonds is 5. The second kappa shape index (κ2) is 6.59. The molecule has 0 heterocycles. The van der Waals surface area contributed by atoms with Gasteiger partial charge in [0.25, 0.3) is 0 Å². The van der Waals surface area contributed by atoms with Crippen LogP contribution in [0.3, 0.4) is 0 Å². The standard InChI is InChI=1S/C17H20FNO2/c1-12(20)17-15(18)8-5-9-16(17)19(2)11-13-6-4-7-14(10-13)21-3/h4-10,12,20H,11H2,1-3H3/t12-/m0/s1. The van der Waals surface area contributed by atoms with Gasteiger partial charge in [-0.2, -0.15) is 0 Å². The summed E-state index contributed by atoms with van der Waals surface area (Å²) in [5.41, 5.74) is 2.06. The van der Waals surface area contributed by atoms with Crippen LogP contribution in [0.2, 0.25) is 0 Å². The average molecular weight is 289 g/mol. The number of nitrogens with zero attached hydrogens (tertiary/aromatic N) is 1. The molecule has 0 bridgehead atoms. The number of benzene rings is 2. The SMILES string of the molecule is COc1cccc(CN(C)c2cccc(F)c2[C@H](C)O)c1. The molecule has 0 saturated heterocycles. The summed E-state index contributed by atoms with van der Waals surface area (Å²) in [4.78, 5) is 1.92. The van der Waals surface area contributed by atoms with Crippen LogP contribution in [-0.2, 0) is 6.54 Å². The molecule has 4 heteroatoms. The number of hydrogen-bond donors (Lipinski definition) is 1. The molecule has 112 valence electrons. The van der Waals surface area contributed by atoms with Crippen molar-refractivity contribution in [3.05, 3.63) is 59.4 Å². The summed E-state index contributed by atoms with van der Waals surface area (Å²) < 4.78 is 19.1. The van der Waals surface area contributed by atoms with E-state index in [0.717, 1.165) is 11.3 Å². The van der Waals surface area contributed by atoms with Gasteiger partial charge in [-0.1, -0.05) is 18.2 Å². The Hall–Kier alpha value is -2.07. The monoisotopic (exact) mass is 289 g/mol. The molecule has 1 N–H and O–H groups in total. The summed E-state index contributed by atoms with van der Waals surface area (Å²) in [6.07, 6.45) is -0.853. The molecule has 0 aliphatic carbocycles. The minimum absolute atomic E-state index is 0.322. The molecule has 0 amide bonds. The number of aliphatic hydroxyl groups excluding tert-OH is 1. The Morgan fingerprint density at radius 1 is 1.24 bits per heavy atom. The fourth-order valence-electron chi connectivity index (χ4n) is 2.40. The third-order valence-electron chi connectivity index (χ3n) is 3.41. The fraction of sp³-hybridized carbons (Fsp3) is 0.294. The predicted octanol–water partition coefficient (Wildman–Crippen LogP) is 3.52. The highest BCUT2D eigenvalue weighted by atomic mass is 19.1. The van der Waals surface area contributed by atoms with Crippen molar-refractivity contribution in [2.75, 3.05) is 19.1 Å². The fourth-order valence-corrected chi connectivity index (χ4v) is 2.40. The van der Waals surface area contributed by atoms with E-state index in [1.807, 2.05) is 42.3 Å². The van der Waals surface area contributed by atoms with Crippen molar-refractivity contribution in [2.45, 2.75) is 19.6 Å². The highest BCUT2D eigenvalue weighted by Gasteiger charge is 2.16. The van der Waals surface area contributed by atoms with Crippen molar-refractivity contribution in [2.24, 2.45) is 0 Å². The Kier molecular flexibility index (Phi) is 4.81. The molecule has 0 radical (unpaired) electrons. The quantitative estimate of drug-likeness (QED) is 0.914. The number of aliphatic hydroxyl groups is 1. The Morgan fingerprint density at radius 2 is 1.95 bits per heavy atom. The molecule has 3 nitrogen and oxygen atoms in total. The minimum Gasteiger partial charge on any atom is -0.497 e. The van der Waals surface area contributed by atoms with Crippen LogP contribution in [0.5, 0.6) is 5.75 Å². The summed E-state index contributed by atoms with van der Waals surface area (Å²) in [7, 11) is 3.50. The van der Waals surface area contributed by atoms with Gasteiger partial charge in [-0.15, -0.1) is 0 Å². The van der Waals surface area contributed by atoms with Gasteiger partial charge < -0.3 is 14.7 Å². The van der Waals surface area contributed by atoms with E-state index in [1.165, 1.54) is 6.07 Å². The first-order valence-corrected chi connectivity index (χ1v) is 6.83. The van der Waals surface area contributed by atoms with Gasteiger partial charge in [-0.05, 0) is 36.8 Å². The molecule has 0 aromatic heterocycles. The van der Waals surface area contributed by atoms with E-state index in [9.17, 15) is 9.50 Å². The molecule has 0 unspecified atom stereocenters. The van der Waals surface area contributed by atoms with Crippen LogP contribution in [0, 0.1) is 5.82 Å². The van der Waals surface area contributed by atoms with Crippen molar-refractivity contribution >= 4 is 5.69 Å². The van der Waals surface area contributed by atoms with E-state index >= 15 is 0 Å². The number of anilines is 1. The largest absolute Gasteiger partial charge is 0.497 e. The van der Waals surface area contributed by atoms with Crippen molar-refractivity contribution < 1.29 is 14.2 Å². The third-order valence-corrected chi connectivity index (χ3v) is 3.41. The normalized spacial score (nSPS) is 12.0. The first kappa shape index (κ1) is 15.3. The summed E-state index contributed by atoms with van der Waals surface area (Å²) in [6.45, 7) is 2.17. The van der Waals surface area contributed by atoms with Gasteiger partial charge in [0.05, 0.1) is 13.2 Å². The molecule has 0 spiro atoms. The number of halogens is 1. The molecular weight excluding hydrogens is 269 g/mol. The zero-order valence-electron chi connectivity index (χ0n) is 12.5. The molecule has 0 aliphatic heterocycles. The van der Waals surface area contributed by atoms with Crippen LogP contribution in [0.1, 0.15) is 24.2 Å². The molecule has 1 atom stereocenters. The van der Waals surface area contributed by atoms with E-state index < -0.39 is 6.10 Å². The molecule has 2 aromatic rings. The van der Waals surface area contributed by atoms with Crippen LogP contribution >= 0.6 is 0 Å². The molecule has 2 rings (SSSR count). The van der Waals surface area contributed by atoms with Crippen LogP contribution in [-0.4, -0.2) is 19.3 Å². The number of methoxy groups -OCH3 is 1. The minimum atomic E-state index is -0.853. The summed E-state index contributed by atoms with van der Waals surface area (Å²) in [6, 6.07) is 12.6. The summed E-state index contributed by atoms with van der Waals surface area (Å²) >= 11 is 0. The lowest BCUT2D eigenvalue weighted by Crippen LogP contribution is -2.19. The maximum atomic E-state index is 13.9. The second-order valence-corrected chi connectivity index (χ2v) is 5.06. The van der Waals surface area contributed by atoms with Gasteiger partial charge in [0.2, 0.25) is 0 Å². The van der Waals surface area contributed by atoms with Crippen LogP contribution in [0.4, 0.5) is 10.1 Å². The molecular formula is C17H20FNO2. The van der Waals surface area contributed by atoms with Gasteiger partial charge in [0.1, 0.15) is 11.6 Å². The maximum Gasteiger partial charge on any atom is 0.131 e. The molecule has 0 aliphatic rings. The Balaban J connectivity index is 2.28. The average Bonchev–Trinajstić information content (AvgIpc) is 2.46. The van der Waals surface area contributed by atoms with Crippen LogP contribution in [0.25, 0.3) is 0 Å². The van der Waals surface area contributed by atoms with Crippen LogP contribution in [0.15, 0.2) is 42.5 Å². The zero-order valence-corrected chi connectivity index (χ0v) is 12.5. The third kappa shape index (κ3) is 3.52. The van der Waals surface area contributed by atoms with Gasteiger partial charge in [-0.25, -0.2) is 4.39 Å². The Morgan fingerprint density at radius 3 is 2.62 bits per heavy atom. The highest BCUT2D eigenvalue weighted by molar-refractivity contribution is 5.55. The summed E-state index contributed by atoms with van der Waals surface area (Å²) in [5, 5.41) is 9.80. The van der Waals surface area contributed by atoms with E-state index in [-0.39, 0.29) is 5.82 Å². The zero-order chi connectivity index (χ0) is 15.4. The number of ether oxygens (including phenoxy) is 1. The predicted molar refractivity (Wildman–Crippen MR) is 82.1 cm³/mol. The Labute approximate surface area is 124 Å². The molecule has 0 fully saturated rings. The van der Waals surface area contributed by atoms with E-state index in [0.29, 0.717) is 17.8 Å². The smallest absolute Gasteiger partial charge is 0.131 e. The first-order chi connectivity index (χ1) is 10.0. The van der Waals surface area contributed by atoms with Gasteiger partial charge in [-0.3, -0.25) is 0 Å². The van der Waals surface area contributed by atoms with Crippen molar-refractivity contribution in [3.8, 4) is 5.75 Å². The molecule has 2 aromatic carbocycles. The summed E-state index contributed by atoms with van der Waals surface area (Å²) in [5.74, 6) is 0.399. The van der Waals surface area contributed by atoms with E-state index in [2.05, 4.69) is 0 Å². The van der Waals surface area contributed by atoms with Gasteiger partial charge >= 0.3 is 0 Å². The van der Waals surface area contributed by atoms with Gasteiger partial charge in [0, 0.05) is 24.8 Å². The maximum absolute atomic E-state index is 13.9. The highest BCUT2D eigenvalue weighted by Crippen LogP contribution is 2.29. The lowest BCUT2D eigenvalue weighted by Gasteiger charge is -2.24. The van der Waals surface area contributed by atoms with E-state index in [1.54, 1.807) is 20.1 Å². The van der Waals surface area contributed by atoms with Crippen molar-refractivity contribution in [3.63, 3.8) is 0 Å². The van der Waals surface area contributed by atoms with Crippen molar-refractivity contribution in [1.82, 2.24) is 0 Å². The lowest BCUT2D eigenvalue weighted by atomic mass is 10.1. The Bertz CT molecular complexity index is 613. The molecule has 0 saturated carbocycles. The number of hydrogen-bond acceptors (Lipinski definition) is 3. The van der Waals surface area contributed by atoms with Crippen LogP contribution < -0.4 is 9.64 Å². The van der Waals surface area contributed by atoms with E-state index in [4.69, 9.17) is 4.74 Å². The lowest BCUT2D eigenvalue weighted by molar-refractivity contribution is 0.194.